The van der Waals surface area contributed by atoms with Crippen molar-refractivity contribution >= 4 is 11.8 Å². The molecule has 0 aromatic rings. The van der Waals surface area contributed by atoms with E-state index in [4.69, 9.17) is 0 Å². The molecule has 1 N–H and O–H groups in total. The van der Waals surface area contributed by atoms with Gasteiger partial charge in [0.05, 0.1) is 6.54 Å². The van der Waals surface area contributed by atoms with Gasteiger partial charge in [0.25, 0.3) is 0 Å². The average molecular weight is 267 g/mol. The van der Waals surface area contributed by atoms with Gasteiger partial charge in [0.2, 0.25) is 11.8 Å². The average Bonchev–Trinajstić information content (AvgIpc) is 2.92. The zero-order valence-electron chi connectivity index (χ0n) is 11.9. The molecular weight excluding hydrogens is 242 g/mol. The monoisotopic (exact) mass is 267 g/mol. The topological polar surface area (TPSA) is 52.7 Å². The molecule has 108 valence electrons. The fourth-order valence-corrected chi connectivity index (χ4v) is 2.92. The summed E-state index contributed by atoms with van der Waals surface area (Å²) < 4.78 is 0. The molecule has 19 heavy (non-hydrogen) atoms. The maximum atomic E-state index is 12.1. The number of rotatable bonds is 4. The van der Waals surface area contributed by atoms with Crippen LogP contribution in [0, 0.1) is 5.92 Å². The van der Waals surface area contributed by atoms with Crippen molar-refractivity contribution in [3.63, 3.8) is 0 Å². The zero-order valence-corrected chi connectivity index (χ0v) is 11.9. The maximum absolute atomic E-state index is 12.1. The Morgan fingerprint density at radius 1 is 1.21 bits per heavy atom. The summed E-state index contributed by atoms with van der Waals surface area (Å²) in [5, 5.41) is 3.22. The van der Waals surface area contributed by atoms with Crippen molar-refractivity contribution in [1.82, 2.24) is 15.1 Å². The minimum atomic E-state index is 0.0729. The number of piperazine rings is 1. The number of nitrogens with one attached hydrogen (secondary N) is 1. The Labute approximate surface area is 115 Å². The van der Waals surface area contributed by atoms with Crippen LogP contribution in [0.4, 0.5) is 0 Å². The van der Waals surface area contributed by atoms with Gasteiger partial charge in [0.15, 0.2) is 0 Å². The molecule has 0 atom stereocenters. The summed E-state index contributed by atoms with van der Waals surface area (Å²) in [5.74, 6) is 0.739. The third-order valence-corrected chi connectivity index (χ3v) is 4.21. The molecule has 0 unspecified atom stereocenters. The standard InChI is InChI=1S/C14H25N3O2/c1-16(13(18)10-12-4-2-3-5-12)11-14(19)17-8-6-15-7-9-17/h12,15H,2-11H2,1H3. The Morgan fingerprint density at radius 3 is 2.47 bits per heavy atom. The molecule has 2 fully saturated rings. The molecular formula is C14H25N3O2. The lowest BCUT2D eigenvalue weighted by Crippen LogP contribution is -2.49. The first-order chi connectivity index (χ1) is 9.16. The van der Waals surface area contributed by atoms with Crippen molar-refractivity contribution in [3.8, 4) is 0 Å². The highest BCUT2D eigenvalue weighted by atomic mass is 16.2. The highest BCUT2D eigenvalue weighted by molar-refractivity contribution is 5.84. The molecule has 1 heterocycles. The Morgan fingerprint density at radius 2 is 1.84 bits per heavy atom. The molecule has 0 radical (unpaired) electrons. The van der Waals surface area contributed by atoms with Crippen molar-refractivity contribution in [2.45, 2.75) is 32.1 Å². The lowest BCUT2D eigenvalue weighted by Gasteiger charge is -2.29. The van der Waals surface area contributed by atoms with Gasteiger partial charge in [0, 0.05) is 39.6 Å². The quantitative estimate of drug-likeness (QED) is 0.805. The van der Waals surface area contributed by atoms with Crippen LogP contribution in [0.15, 0.2) is 0 Å². The summed E-state index contributed by atoms with van der Waals surface area (Å²) in [4.78, 5) is 27.6. The minimum Gasteiger partial charge on any atom is -0.339 e. The van der Waals surface area contributed by atoms with E-state index in [2.05, 4.69) is 5.32 Å². The van der Waals surface area contributed by atoms with Crippen LogP contribution in [0.2, 0.25) is 0 Å². The van der Waals surface area contributed by atoms with E-state index in [-0.39, 0.29) is 18.4 Å². The van der Waals surface area contributed by atoms with Crippen molar-refractivity contribution < 1.29 is 9.59 Å². The molecule has 1 aliphatic carbocycles. The molecule has 5 nitrogen and oxygen atoms in total. The summed E-state index contributed by atoms with van der Waals surface area (Å²) in [6.45, 7) is 3.44. The molecule has 1 saturated carbocycles. The number of carbonyl (C=O) groups excluding carboxylic acids is 2. The normalized spacial score (nSPS) is 20.6. The van der Waals surface area contributed by atoms with Gasteiger partial charge in [-0.25, -0.2) is 0 Å². The van der Waals surface area contributed by atoms with Crippen LogP contribution in [0.1, 0.15) is 32.1 Å². The van der Waals surface area contributed by atoms with Gasteiger partial charge in [0.1, 0.15) is 0 Å². The van der Waals surface area contributed by atoms with Crippen molar-refractivity contribution in [1.29, 1.82) is 0 Å². The van der Waals surface area contributed by atoms with E-state index in [0.29, 0.717) is 12.3 Å². The van der Waals surface area contributed by atoms with Crippen LogP contribution in [0.5, 0.6) is 0 Å². The smallest absolute Gasteiger partial charge is 0.242 e. The summed E-state index contributed by atoms with van der Waals surface area (Å²) in [7, 11) is 1.75. The Balaban J connectivity index is 1.73. The van der Waals surface area contributed by atoms with Crippen LogP contribution in [-0.2, 0) is 9.59 Å². The van der Waals surface area contributed by atoms with E-state index in [9.17, 15) is 9.59 Å². The summed E-state index contributed by atoms with van der Waals surface area (Å²) in [5.41, 5.74) is 0. The van der Waals surface area contributed by atoms with Crippen molar-refractivity contribution in [2.75, 3.05) is 39.8 Å². The van der Waals surface area contributed by atoms with Crippen LogP contribution in [-0.4, -0.2) is 61.4 Å². The predicted molar refractivity (Wildman–Crippen MR) is 73.7 cm³/mol. The number of hydrogen-bond donors (Lipinski definition) is 1. The Kier molecular flexibility index (Phi) is 5.19. The second kappa shape index (κ2) is 6.89. The van der Waals surface area contributed by atoms with E-state index in [1.54, 1.807) is 11.9 Å². The number of hydrogen-bond acceptors (Lipinski definition) is 3. The highest BCUT2D eigenvalue weighted by Crippen LogP contribution is 2.27. The first-order valence-electron chi connectivity index (χ1n) is 7.39. The first kappa shape index (κ1) is 14.3. The number of likely N-dealkylation sites (N-methyl/N-ethyl adjacent to an activating group) is 1. The molecule has 2 aliphatic rings. The molecule has 0 aromatic heterocycles. The predicted octanol–water partition coefficient (Wildman–Crippen LogP) is 0.457. The largest absolute Gasteiger partial charge is 0.339 e. The van der Waals surface area contributed by atoms with Crippen molar-refractivity contribution in [3.05, 3.63) is 0 Å². The lowest BCUT2D eigenvalue weighted by molar-refractivity contribution is -0.140. The van der Waals surface area contributed by atoms with Gasteiger partial charge in [-0.2, -0.15) is 0 Å². The highest BCUT2D eigenvalue weighted by Gasteiger charge is 2.23. The second-order valence-corrected chi connectivity index (χ2v) is 5.74. The Hall–Kier alpha value is -1.10. The fraction of sp³-hybridized carbons (Fsp3) is 0.857. The van der Waals surface area contributed by atoms with E-state index in [1.165, 1.54) is 25.7 Å². The van der Waals surface area contributed by atoms with E-state index in [0.717, 1.165) is 26.2 Å². The minimum absolute atomic E-state index is 0.0729. The third kappa shape index (κ3) is 4.20. The fourth-order valence-electron chi connectivity index (χ4n) is 2.92. The number of nitrogens with zero attached hydrogens (tertiary/aromatic N) is 2. The van der Waals surface area contributed by atoms with E-state index >= 15 is 0 Å². The summed E-state index contributed by atoms with van der Waals surface area (Å²) >= 11 is 0. The van der Waals surface area contributed by atoms with Gasteiger partial charge in [-0.1, -0.05) is 12.8 Å². The molecule has 0 bridgehead atoms. The Bertz CT molecular complexity index is 321. The van der Waals surface area contributed by atoms with Gasteiger partial charge in [-0.3, -0.25) is 9.59 Å². The number of carbonyl (C=O) groups is 2. The van der Waals surface area contributed by atoms with E-state index in [1.807, 2.05) is 4.90 Å². The molecule has 1 aliphatic heterocycles. The van der Waals surface area contributed by atoms with Crippen LogP contribution < -0.4 is 5.32 Å². The molecule has 2 rings (SSSR count). The van der Waals surface area contributed by atoms with Gasteiger partial charge in [-0.15, -0.1) is 0 Å². The molecule has 5 heteroatoms. The van der Waals surface area contributed by atoms with Gasteiger partial charge >= 0.3 is 0 Å². The molecule has 0 spiro atoms. The summed E-state index contributed by atoms with van der Waals surface area (Å²) in [6, 6.07) is 0. The second-order valence-electron chi connectivity index (χ2n) is 5.74. The van der Waals surface area contributed by atoms with Crippen LogP contribution in [0.3, 0.4) is 0 Å². The first-order valence-corrected chi connectivity index (χ1v) is 7.39. The SMILES string of the molecule is CN(CC(=O)N1CCNCC1)C(=O)CC1CCCC1. The maximum Gasteiger partial charge on any atom is 0.242 e. The lowest BCUT2D eigenvalue weighted by atomic mass is 10.0. The molecule has 0 aromatic carbocycles. The molecule has 1 saturated heterocycles. The van der Waals surface area contributed by atoms with Crippen LogP contribution >= 0.6 is 0 Å². The third-order valence-electron chi connectivity index (χ3n) is 4.21. The van der Waals surface area contributed by atoms with Gasteiger partial charge < -0.3 is 15.1 Å². The van der Waals surface area contributed by atoms with Gasteiger partial charge in [-0.05, 0) is 18.8 Å². The van der Waals surface area contributed by atoms with Crippen molar-refractivity contribution in [2.24, 2.45) is 5.92 Å². The zero-order chi connectivity index (χ0) is 13.7. The molecule has 2 amide bonds. The van der Waals surface area contributed by atoms with E-state index < -0.39 is 0 Å². The summed E-state index contributed by atoms with van der Waals surface area (Å²) in [6.07, 6.45) is 5.46. The van der Waals surface area contributed by atoms with Crippen LogP contribution in [0.25, 0.3) is 0 Å². The number of amides is 2.